The van der Waals surface area contributed by atoms with Crippen LogP contribution in [0.2, 0.25) is 0 Å². The molecule has 0 amide bonds. The van der Waals surface area contributed by atoms with Crippen molar-refractivity contribution in [2.24, 2.45) is 0 Å². The van der Waals surface area contributed by atoms with Crippen LogP contribution in [0.15, 0.2) is 48.5 Å². The molecule has 1 saturated heterocycles. The maximum Gasteiger partial charge on any atom is 0.358 e. The lowest BCUT2D eigenvalue weighted by Crippen LogP contribution is -2.36. The number of hydroxylamine groups is 2. The molecule has 152 valence electrons. The van der Waals surface area contributed by atoms with Gasteiger partial charge >= 0.3 is 5.97 Å². The lowest BCUT2D eigenvalue weighted by atomic mass is 9.97. The minimum atomic E-state index is -1.26. The van der Waals surface area contributed by atoms with Gasteiger partial charge in [0, 0.05) is 19.0 Å². The SMILES string of the molecule is CC(C)c1ccc2nc(C3CCN(OC(=O)C(O)c4ccccc4)CC3)[nH]c2c1. The molecule has 0 aliphatic carbocycles. The third kappa shape index (κ3) is 4.33. The lowest BCUT2D eigenvalue weighted by Gasteiger charge is -2.30. The molecule has 0 spiro atoms. The topological polar surface area (TPSA) is 78.5 Å². The van der Waals surface area contributed by atoms with E-state index < -0.39 is 12.1 Å². The Morgan fingerprint density at radius 1 is 1.14 bits per heavy atom. The van der Waals surface area contributed by atoms with E-state index in [4.69, 9.17) is 9.82 Å². The molecule has 0 bridgehead atoms. The van der Waals surface area contributed by atoms with E-state index in [1.54, 1.807) is 29.3 Å². The smallest absolute Gasteiger partial charge is 0.358 e. The van der Waals surface area contributed by atoms with Crippen molar-refractivity contribution in [1.82, 2.24) is 15.0 Å². The molecule has 1 aliphatic heterocycles. The summed E-state index contributed by atoms with van der Waals surface area (Å²) in [5.74, 6) is 1.14. The first kappa shape index (κ1) is 19.6. The molecule has 1 atom stereocenters. The van der Waals surface area contributed by atoms with Gasteiger partial charge in [0.1, 0.15) is 5.82 Å². The van der Waals surface area contributed by atoms with Crippen LogP contribution in [0.25, 0.3) is 11.0 Å². The summed E-state index contributed by atoms with van der Waals surface area (Å²) in [6, 6.07) is 15.2. The average Bonchev–Trinajstić information content (AvgIpc) is 3.17. The van der Waals surface area contributed by atoms with E-state index in [1.165, 1.54) is 5.56 Å². The summed E-state index contributed by atoms with van der Waals surface area (Å²) < 4.78 is 0. The first-order chi connectivity index (χ1) is 14.0. The molecule has 1 aromatic heterocycles. The number of aliphatic hydroxyl groups excluding tert-OH is 1. The Hall–Kier alpha value is -2.70. The number of rotatable bonds is 5. The van der Waals surface area contributed by atoms with Crippen molar-refractivity contribution in [3.63, 3.8) is 0 Å². The van der Waals surface area contributed by atoms with E-state index in [9.17, 15) is 9.90 Å². The van der Waals surface area contributed by atoms with Crippen molar-refractivity contribution in [3.8, 4) is 0 Å². The fourth-order valence-electron chi connectivity index (χ4n) is 3.77. The van der Waals surface area contributed by atoms with E-state index >= 15 is 0 Å². The Morgan fingerprint density at radius 3 is 2.55 bits per heavy atom. The first-order valence-corrected chi connectivity index (χ1v) is 10.2. The second kappa shape index (κ2) is 8.35. The Bertz CT molecular complexity index is 975. The number of nitrogens with zero attached hydrogens (tertiary/aromatic N) is 2. The van der Waals surface area contributed by atoms with Crippen molar-refractivity contribution in [3.05, 3.63) is 65.5 Å². The minimum absolute atomic E-state index is 0.305. The van der Waals surface area contributed by atoms with Crippen molar-refractivity contribution in [2.45, 2.75) is 44.6 Å². The third-order valence-electron chi connectivity index (χ3n) is 5.59. The Balaban J connectivity index is 1.35. The molecule has 1 aliphatic rings. The summed E-state index contributed by atoms with van der Waals surface area (Å²) in [4.78, 5) is 25.9. The molecule has 4 rings (SSSR count). The molecule has 6 nitrogen and oxygen atoms in total. The highest BCUT2D eigenvalue weighted by Crippen LogP contribution is 2.29. The Kier molecular flexibility index (Phi) is 5.65. The first-order valence-electron chi connectivity index (χ1n) is 10.2. The highest BCUT2D eigenvalue weighted by molar-refractivity contribution is 5.76. The monoisotopic (exact) mass is 393 g/mol. The predicted octanol–water partition coefficient (Wildman–Crippen LogP) is 4.06. The summed E-state index contributed by atoms with van der Waals surface area (Å²) in [7, 11) is 0. The van der Waals surface area contributed by atoms with Gasteiger partial charge in [-0.05, 0) is 42.0 Å². The molecule has 2 heterocycles. The van der Waals surface area contributed by atoms with Gasteiger partial charge in [-0.25, -0.2) is 9.78 Å². The van der Waals surface area contributed by atoms with Crippen molar-refractivity contribution >= 4 is 17.0 Å². The maximum absolute atomic E-state index is 12.2. The number of piperidine rings is 1. The maximum atomic E-state index is 12.2. The Labute approximate surface area is 170 Å². The number of imidazole rings is 1. The molecule has 1 fully saturated rings. The highest BCUT2D eigenvalue weighted by atomic mass is 16.7. The molecular weight excluding hydrogens is 366 g/mol. The molecule has 0 saturated carbocycles. The third-order valence-corrected chi connectivity index (χ3v) is 5.59. The van der Waals surface area contributed by atoms with Gasteiger partial charge in [-0.3, -0.25) is 0 Å². The molecule has 0 radical (unpaired) electrons. The zero-order chi connectivity index (χ0) is 20.4. The largest absolute Gasteiger partial charge is 0.377 e. The fourth-order valence-corrected chi connectivity index (χ4v) is 3.77. The van der Waals surface area contributed by atoms with E-state index in [0.29, 0.717) is 30.5 Å². The number of aliphatic hydroxyl groups is 1. The second-order valence-corrected chi connectivity index (χ2v) is 7.98. The van der Waals surface area contributed by atoms with Crippen LogP contribution in [0.4, 0.5) is 0 Å². The van der Waals surface area contributed by atoms with E-state index in [0.717, 1.165) is 29.7 Å². The number of hydrogen-bond donors (Lipinski definition) is 2. The van der Waals surface area contributed by atoms with Crippen molar-refractivity contribution < 1.29 is 14.7 Å². The van der Waals surface area contributed by atoms with Crippen LogP contribution in [0.5, 0.6) is 0 Å². The number of aromatic nitrogens is 2. The predicted molar refractivity (Wildman–Crippen MR) is 111 cm³/mol. The zero-order valence-corrected chi connectivity index (χ0v) is 16.8. The van der Waals surface area contributed by atoms with Crippen molar-refractivity contribution in [1.29, 1.82) is 0 Å². The normalized spacial score (nSPS) is 17.0. The number of nitrogens with one attached hydrogen (secondary N) is 1. The van der Waals surface area contributed by atoms with Crippen LogP contribution in [-0.4, -0.2) is 39.2 Å². The van der Waals surface area contributed by atoms with Gasteiger partial charge in [-0.1, -0.05) is 50.2 Å². The summed E-state index contributed by atoms with van der Waals surface area (Å²) in [6.07, 6.45) is 0.413. The Morgan fingerprint density at radius 2 is 1.86 bits per heavy atom. The molecular formula is C23H27N3O3. The van der Waals surface area contributed by atoms with Crippen LogP contribution in [-0.2, 0) is 9.63 Å². The van der Waals surface area contributed by atoms with Crippen LogP contribution in [0.3, 0.4) is 0 Å². The summed E-state index contributed by atoms with van der Waals surface area (Å²) in [6.45, 7) is 5.60. The molecule has 6 heteroatoms. The molecule has 2 N–H and O–H groups in total. The molecule has 1 unspecified atom stereocenters. The second-order valence-electron chi connectivity index (χ2n) is 7.98. The molecule has 29 heavy (non-hydrogen) atoms. The number of carbonyl (C=O) groups is 1. The van der Waals surface area contributed by atoms with E-state index in [-0.39, 0.29) is 0 Å². The van der Waals surface area contributed by atoms with Crippen LogP contribution in [0.1, 0.15) is 61.6 Å². The lowest BCUT2D eigenvalue weighted by molar-refractivity contribution is -0.205. The number of fused-ring (bicyclic) bond motifs is 1. The number of hydrogen-bond acceptors (Lipinski definition) is 5. The summed E-state index contributed by atoms with van der Waals surface area (Å²) in [5.41, 5.74) is 3.90. The van der Waals surface area contributed by atoms with Crippen LogP contribution in [0, 0.1) is 0 Å². The number of benzene rings is 2. The van der Waals surface area contributed by atoms with Gasteiger partial charge < -0.3 is 14.9 Å². The van der Waals surface area contributed by atoms with Gasteiger partial charge in [0.05, 0.1) is 11.0 Å². The standard InChI is InChI=1S/C23H27N3O3/c1-15(2)18-8-9-19-20(14-18)25-22(24-19)17-10-12-26(13-11-17)29-23(28)21(27)16-6-4-3-5-7-16/h3-9,14-15,17,21,27H,10-13H2,1-2H3,(H,24,25). The fraction of sp³-hybridized carbons (Fsp3) is 0.391. The number of aromatic amines is 1. The van der Waals surface area contributed by atoms with Gasteiger partial charge in [0.15, 0.2) is 6.10 Å². The van der Waals surface area contributed by atoms with Gasteiger partial charge in [-0.2, -0.15) is 0 Å². The quantitative estimate of drug-likeness (QED) is 0.683. The van der Waals surface area contributed by atoms with Crippen LogP contribution >= 0.6 is 0 Å². The van der Waals surface area contributed by atoms with Gasteiger partial charge in [-0.15, -0.1) is 5.06 Å². The van der Waals surface area contributed by atoms with E-state index in [1.807, 2.05) is 6.07 Å². The zero-order valence-electron chi connectivity index (χ0n) is 16.8. The number of carbonyl (C=O) groups excluding carboxylic acids is 1. The molecule has 3 aromatic rings. The van der Waals surface area contributed by atoms with Gasteiger partial charge in [0.25, 0.3) is 0 Å². The van der Waals surface area contributed by atoms with E-state index in [2.05, 4.69) is 37.0 Å². The summed E-state index contributed by atoms with van der Waals surface area (Å²) >= 11 is 0. The van der Waals surface area contributed by atoms with Crippen LogP contribution < -0.4 is 0 Å². The highest BCUT2D eigenvalue weighted by Gasteiger charge is 2.28. The van der Waals surface area contributed by atoms with Gasteiger partial charge in [0.2, 0.25) is 0 Å². The minimum Gasteiger partial charge on any atom is -0.377 e. The van der Waals surface area contributed by atoms with Crippen molar-refractivity contribution in [2.75, 3.05) is 13.1 Å². The summed E-state index contributed by atoms with van der Waals surface area (Å²) in [5, 5.41) is 11.8. The number of H-pyrrole nitrogens is 1. The average molecular weight is 393 g/mol. The molecule has 2 aromatic carbocycles.